The number of likely N-dealkylation sites (tertiary alicyclic amines) is 1. The van der Waals surface area contributed by atoms with Crippen LogP contribution in [-0.2, 0) is 9.59 Å². The molecule has 2 rings (SSSR count). The molecule has 0 aromatic heterocycles. The Hall–Kier alpha value is -1.11. The lowest BCUT2D eigenvalue weighted by Gasteiger charge is -2.24. The van der Waals surface area contributed by atoms with Crippen LogP contribution < -0.4 is 5.32 Å². The lowest BCUT2D eigenvalue weighted by Crippen LogP contribution is -2.41. The maximum absolute atomic E-state index is 12.4. The summed E-state index contributed by atoms with van der Waals surface area (Å²) in [6.07, 6.45) is 1.87. The first-order valence-electron chi connectivity index (χ1n) is 6.95. The number of amides is 2. The summed E-state index contributed by atoms with van der Waals surface area (Å²) in [5, 5.41) is 3.20. The molecule has 1 atom stereocenters. The van der Waals surface area contributed by atoms with Crippen LogP contribution in [0.5, 0.6) is 0 Å². The van der Waals surface area contributed by atoms with Crippen LogP contribution in [0.15, 0.2) is 24.3 Å². The molecule has 1 saturated heterocycles. The van der Waals surface area contributed by atoms with Crippen molar-refractivity contribution in [2.75, 3.05) is 5.32 Å². The Kier molecular flexibility index (Phi) is 5.01. The lowest BCUT2D eigenvalue weighted by molar-refractivity contribution is -0.141. The van der Waals surface area contributed by atoms with Gasteiger partial charge in [-0.05, 0) is 47.6 Å². The number of para-hydroxylation sites is 1. The van der Waals surface area contributed by atoms with Crippen LogP contribution in [-0.4, -0.2) is 28.8 Å². The van der Waals surface area contributed by atoms with E-state index in [0.29, 0.717) is 0 Å². The van der Waals surface area contributed by atoms with Gasteiger partial charge in [-0.1, -0.05) is 26.0 Å². The van der Waals surface area contributed by atoms with Gasteiger partial charge in [0.1, 0.15) is 6.04 Å². The number of hydrogen-bond donors (Lipinski definition) is 1. The number of hydrogen-bond acceptors (Lipinski definition) is 3. The van der Waals surface area contributed by atoms with Gasteiger partial charge in [-0.3, -0.25) is 14.5 Å². The fourth-order valence-electron chi connectivity index (χ4n) is 2.57. The van der Waals surface area contributed by atoms with Crippen LogP contribution in [0.25, 0.3) is 0 Å². The molecule has 20 heavy (non-hydrogen) atoms. The molecule has 5 heteroatoms. The molecule has 108 valence electrons. The summed E-state index contributed by atoms with van der Waals surface area (Å²) in [5.41, 5.74) is 0.908. The van der Waals surface area contributed by atoms with E-state index in [9.17, 15) is 9.59 Å². The van der Waals surface area contributed by atoms with Crippen molar-refractivity contribution in [3.05, 3.63) is 27.8 Å². The smallest absolute Gasteiger partial charge is 0.252 e. The molecule has 1 aliphatic rings. The zero-order chi connectivity index (χ0) is 14.7. The van der Waals surface area contributed by atoms with E-state index < -0.39 is 6.04 Å². The second-order valence-corrected chi connectivity index (χ2v) is 6.12. The number of nitrogens with one attached hydrogen (secondary N) is 1. The van der Waals surface area contributed by atoms with Gasteiger partial charge >= 0.3 is 0 Å². The van der Waals surface area contributed by atoms with Gasteiger partial charge in [0.25, 0.3) is 5.91 Å². The summed E-state index contributed by atoms with van der Waals surface area (Å²) in [6, 6.07) is 7.37. The second-order valence-electron chi connectivity index (χ2n) is 4.95. The molecule has 0 spiro atoms. The van der Waals surface area contributed by atoms with E-state index >= 15 is 0 Å². The number of nitrogens with zero attached hydrogens (tertiary/aromatic N) is 1. The molecule has 1 unspecified atom stereocenters. The van der Waals surface area contributed by atoms with Gasteiger partial charge in [0, 0.05) is 15.3 Å². The van der Waals surface area contributed by atoms with E-state index in [1.807, 2.05) is 38.1 Å². The van der Waals surface area contributed by atoms with Crippen LogP contribution >= 0.6 is 22.6 Å². The van der Waals surface area contributed by atoms with Gasteiger partial charge < -0.3 is 5.32 Å². The number of halogens is 1. The minimum absolute atomic E-state index is 0.0247. The van der Waals surface area contributed by atoms with E-state index in [2.05, 4.69) is 27.9 Å². The largest absolute Gasteiger partial charge is 0.372 e. The molecule has 1 fully saturated rings. The highest BCUT2D eigenvalue weighted by molar-refractivity contribution is 14.1. The normalized spacial score (nSPS) is 19.0. The summed E-state index contributed by atoms with van der Waals surface area (Å²) in [4.78, 5) is 26.0. The maximum atomic E-state index is 12.4. The van der Waals surface area contributed by atoms with Gasteiger partial charge in [-0.2, -0.15) is 0 Å². The summed E-state index contributed by atoms with van der Waals surface area (Å²) in [6.45, 7) is 4.02. The topological polar surface area (TPSA) is 49.4 Å². The molecule has 1 N–H and O–H groups in total. The van der Waals surface area contributed by atoms with E-state index in [-0.39, 0.29) is 24.3 Å². The number of rotatable bonds is 5. The molecular formula is C15H19IN2O2. The highest BCUT2D eigenvalue weighted by atomic mass is 127. The standard InChI is InChI=1S/C15H19IN2O2/c1-3-10(4-2)18-14(19)9-13(15(18)20)17-12-8-6-5-7-11(12)16/h5-8,10,13,17H,3-4,9H2,1-2H3. The summed E-state index contributed by atoms with van der Waals surface area (Å²) < 4.78 is 1.05. The molecule has 1 heterocycles. The first-order valence-corrected chi connectivity index (χ1v) is 8.03. The van der Waals surface area contributed by atoms with E-state index in [1.165, 1.54) is 4.90 Å². The highest BCUT2D eigenvalue weighted by Crippen LogP contribution is 2.25. The Morgan fingerprint density at radius 3 is 2.55 bits per heavy atom. The predicted molar refractivity (Wildman–Crippen MR) is 87.4 cm³/mol. The minimum Gasteiger partial charge on any atom is -0.372 e. The van der Waals surface area contributed by atoms with Crippen LogP contribution in [0, 0.1) is 3.57 Å². The number of imide groups is 1. The van der Waals surface area contributed by atoms with Crippen LogP contribution in [0.2, 0.25) is 0 Å². The second kappa shape index (κ2) is 6.56. The quantitative estimate of drug-likeness (QED) is 0.625. The third-order valence-corrected chi connectivity index (χ3v) is 4.63. The van der Waals surface area contributed by atoms with Crippen molar-refractivity contribution in [2.45, 2.75) is 45.2 Å². The first-order chi connectivity index (χ1) is 9.58. The van der Waals surface area contributed by atoms with Crippen LogP contribution in [0.1, 0.15) is 33.1 Å². The van der Waals surface area contributed by atoms with Gasteiger partial charge in [0.15, 0.2) is 0 Å². The molecule has 0 saturated carbocycles. The molecule has 2 amide bonds. The van der Waals surface area contributed by atoms with Gasteiger partial charge in [-0.15, -0.1) is 0 Å². The third-order valence-electron chi connectivity index (χ3n) is 3.69. The van der Waals surface area contributed by atoms with Crippen molar-refractivity contribution < 1.29 is 9.59 Å². The monoisotopic (exact) mass is 386 g/mol. The third kappa shape index (κ3) is 2.97. The van der Waals surface area contributed by atoms with Crippen molar-refractivity contribution in [1.29, 1.82) is 0 Å². The van der Waals surface area contributed by atoms with Gasteiger partial charge in [0.2, 0.25) is 5.91 Å². The Morgan fingerprint density at radius 1 is 1.30 bits per heavy atom. The molecule has 1 aromatic carbocycles. The summed E-state index contributed by atoms with van der Waals surface area (Å²) in [5.74, 6) is -0.157. The van der Waals surface area contributed by atoms with E-state index in [0.717, 1.165) is 22.1 Å². The van der Waals surface area contributed by atoms with Crippen molar-refractivity contribution in [3.8, 4) is 0 Å². The molecule has 0 bridgehead atoms. The van der Waals surface area contributed by atoms with E-state index in [4.69, 9.17) is 0 Å². The van der Waals surface area contributed by atoms with Gasteiger partial charge in [-0.25, -0.2) is 0 Å². The molecule has 0 radical (unpaired) electrons. The highest BCUT2D eigenvalue weighted by Gasteiger charge is 2.41. The summed E-state index contributed by atoms with van der Waals surface area (Å²) >= 11 is 2.22. The predicted octanol–water partition coefficient (Wildman–Crippen LogP) is 3.02. The zero-order valence-corrected chi connectivity index (χ0v) is 13.9. The maximum Gasteiger partial charge on any atom is 0.252 e. The Balaban J connectivity index is 2.14. The number of carbonyl (C=O) groups is 2. The van der Waals surface area contributed by atoms with Gasteiger partial charge in [0.05, 0.1) is 6.42 Å². The zero-order valence-electron chi connectivity index (χ0n) is 11.7. The fraction of sp³-hybridized carbons (Fsp3) is 0.467. The summed E-state index contributed by atoms with van der Waals surface area (Å²) in [7, 11) is 0. The number of carbonyl (C=O) groups excluding carboxylic acids is 2. The van der Waals surface area contributed by atoms with Crippen LogP contribution in [0.4, 0.5) is 5.69 Å². The molecular weight excluding hydrogens is 367 g/mol. The fourth-order valence-corrected chi connectivity index (χ4v) is 3.11. The Morgan fingerprint density at radius 2 is 1.95 bits per heavy atom. The average molecular weight is 386 g/mol. The van der Waals surface area contributed by atoms with Crippen LogP contribution in [0.3, 0.4) is 0 Å². The average Bonchev–Trinajstić information content (AvgIpc) is 2.71. The SMILES string of the molecule is CCC(CC)N1C(=O)CC(Nc2ccccc2I)C1=O. The first kappa shape index (κ1) is 15.3. The Bertz CT molecular complexity index is 514. The van der Waals surface area contributed by atoms with Crippen molar-refractivity contribution in [3.63, 3.8) is 0 Å². The van der Waals surface area contributed by atoms with Crippen molar-refractivity contribution in [1.82, 2.24) is 4.90 Å². The minimum atomic E-state index is -0.431. The van der Waals surface area contributed by atoms with Crippen molar-refractivity contribution in [2.24, 2.45) is 0 Å². The number of benzene rings is 1. The lowest BCUT2D eigenvalue weighted by atomic mass is 10.1. The molecule has 1 aliphatic heterocycles. The Labute approximate surface area is 133 Å². The molecule has 4 nitrogen and oxygen atoms in total. The molecule has 0 aliphatic carbocycles. The van der Waals surface area contributed by atoms with Crippen molar-refractivity contribution >= 4 is 40.1 Å². The molecule has 1 aromatic rings. The number of anilines is 1. The van der Waals surface area contributed by atoms with E-state index in [1.54, 1.807) is 0 Å².